The Morgan fingerprint density at radius 2 is 2.29 bits per heavy atom. The maximum absolute atomic E-state index is 11.4. The highest BCUT2D eigenvalue weighted by Crippen LogP contribution is 2.01. The molecule has 0 N–H and O–H groups in total. The zero-order valence-corrected chi connectivity index (χ0v) is 10.2. The molecule has 0 bridgehead atoms. The summed E-state index contributed by atoms with van der Waals surface area (Å²) < 4.78 is -0.0100. The molecule has 0 spiro atoms. The lowest BCUT2D eigenvalue weighted by molar-refractivity contribution is -0.134. The second-order valence-corrected chi connectivity index (χ2v) is 4.35. The molecule has 1 aliphatic rings. The molecule has 1 saturated heterocycles. The third kappa shape index (κ3) is 3.75. The third-order valence-electron chi connectivity index (χ3n) is 2.08. The molecule has 0 radical (unpaired) electrons. The third-order valence-corrected chi connectivity index (χ3v) is 2.44. The average molecular weight is 308 g/mol. The van der Waals surface area contributed by atoms with Gasteiger partial charge in [-0.25, -0.2) is 0 Å². The molecule has 14 heavy (non-hydrogen) atoms. The van der Waals surface area contributed by atoms with Crippen molar-refractivity contribution in [3.63, 3.8) is 0 Å². The van der Waals surface area contributed by atoms with Gasteiger partial charge in [0.05, 0.1) is 6.54 Å². The first-order valence-electron chi connectivity index (χ1n) is 4.42. The minimum atomic E-state index is -0.0100. The SMILES string of the molecule is CN1CCN(C/C=C/C(=O)I)C(=O)C1. The van der Waals surface area contributed by atoms with Gasteiger partial charge in [-0.05, 0) is 13.1 Å². The number of allylic oxidation sites excluding steroid dienone is 1. The molecule has 1 rings (SSSR count). The number of halogens is 1. The fourth-order valence-electron chi connectivity index (χ4n) is 1.29. The summed E-state index contributed by atoms with van der Waals surface area (Å²) in [5, 5.41) is 0. The summed E-state index contributed by atoms with van der Waals surface area (Å²) >= 11 is 1.71. The van der Waals surface area contributed by atoms with E-state index < -0.39 is 0 Å². The summed E-state index contributed by atoms with van der Waals surface area (Å²) in [5.74, 6) is 0.129. The number of amides is 1. The van der Waals surface area contributed by atoms with Crippen molar-refractivity contribution in [3.8, 4) is 0 Å². The van der Waals surface area contributed by atoms with Crippen molar-refractivity contribution in [3.05, 3.63) is 12.2 Å². The van der Waals surface area contributed by atoms with Gasteiger partial charge in [-0.1, -0.05) is 6.08 Å². The smallest absolute Gasteiger partial charge is 0.237 e. The Hall–Kier alpha value is -0.430. The van der Waals surface area contributed by atoms with Crippen LogP contribution in [-0.2, 0) is 9.59 Å². The van der Waals surface area contributed by atoms with Crippen molar-refractivity contribution >= 4 is 32.3 Å². The molecule has 0 aromatic carbocycles. The van der Waals surface area contributed by atoms with Crippen LogP contribution in [0, 0.1) is 0 Å². The van der Waals surface area contributed by atoms with Crippen molar-refractivity contribution in [2.45, 2.75) is 0 Å². The van der Waals surface area contributed by atoms with Gasteiger partial charge in [-0.15, -0.1) is 0 Å². The molecule has 0 aromatic heterocycles. The van der Waals surface area contributed by atoms with Gasteiger partial charge in [0.25, 0.3) is 0 Å². The van der Waals surface area contributed by atoms with Crippen molar-refractivity contribution in [2.75, 3.05) is 33.2 Å². The normalized spacial score (nSPS) is 19.3. The molecule has 1 heterocycles. The first-order valence-corrected chi connectivity index (χ1v) is 5.50. The van der Waals surface area contributed by atoms with E-state index in [9.17, 15) is 9.59 Å². The zero-order valence-electron chi connectivity index (χ0n) is 8.07. The highest BCUT2D eigenvalue weighted by Gasteiger charge is 2.19. The van der Waals surface area contributed by atoms with Crippen LogP contribution in [0.4, 0.5) is 0 Å². The van der Waals surface area contributed by atoms with Gasteiger partial charge < -0.3 is 4.90 Å². The van der Waals surface area contributed by atoms with Gasteiger partial charge in [-0.2, -0.15) is 0 Å². The maximum atomic E-state index is 11.4. The summed E-state index contributed by atoms with van der Waals surface area (Å²) in [4.78, 5) is 25.8. The minimum Gasteiger partial charge on any atom is -0.337 e. The van der Waals surface area contributed by atoms with Crippen LogP contribution in [0.15, 0.2) is 12.2 Å². The van der Waals surface area contributed by atoms with E-state index >= 15 is 0 Å². The van der Waals surface area contributed by atoms with Crippen LogP contribution in [0.2, 0.25) is 0 Å². The molecule has 4 nitrogen and oxygen atoms in total. The van der Waals surface area contributed by atoms with Crippen molar-refractivity contribution in [1.29, 1.82) is 0 Å². The molecule has 1 amide bonds. The second kappa shape index (κ2) is 5.45. The predicted molar refractivity (Wildman–Crippen MR) is 62.2 cm³/mol. The van der Waals surface area contributed by atoms with Gasteiger partial charge in [0.15, 0.2) is 0 Å². The quantitative estimate of drug-likeness (QED) is 0.427. The second-order valence-electron chi connectivity index (χ2n) is 3.28. The fourth-order valence-corrected chi connectivity index (χ4v) is 1.55. The number of nitrogens with zero attached hydrogens (tertiary/aromatic N) is 2. The van der Waals surface area contributed by atoms with Crippen LogP contribution in [0.3, 0.4) is 0 Å². The number of carbonyl (C=O) groups is 2. The van der Waals surface area contributed by atoms with E-state index in [1.54, 1.807) is 33.6 Å². The Kier molecular flexibility index (Phi) is 4.53. The summed E-state index contributed by atoms with van der Waals surface area (Å²) in [6, 6.07) is 0. The van der Waals surface area contributed by atoms with Crippen LogP contribution < -0.4 is 0 Å². The maximum Gasteiger partial charge on any atom is 0.237 e. The number of likely N-dealkylation sites (N-methyl/N-ethyl adjacent to an activating group) is 1. The number of carbonyl (C=O) groups excluding carboxylic acids is 2. The van der Waals surface area contributed by atoms with E-state index in [1.807, 2.05) is 11.9 Å². The Labute approximate surface area is 97.1 Å². The molecule has 78 valence electrons. The van der Waals surface area contributed by atoms with Gasteiger partial charge in [0.2, 0.25) is 9.70 Å². The van der Waals surface area contributed by atoms with Crippen LogP contribution >= 0.6 is 22.6 Å². The molecular weight excluding hydrogens is 295 g/mol. The largest absolute Gasteiger partial charge is 0.337 e. The van der Waals surface area contributed by atoms with E-state index in [0.717, 1.165) is 13.1 Å². The monoisotopic (exact) mass is 308 g/mol. The number of hydrogen-bond donors (Lipinski definition) is 0. The molecule has 0 aliphatic carbocycles. The molecule has 0 saturated carbocycles. The van der Waals surface area contributed by atoms with E-state index in [-0.39, 0.29) is 9.70 Å². The predicted octanol–water partition coefficient (Wildman–Crippen LogP) is 0.278. The number of rotatable bonds is 3. The zero-order chi connectivity index (χ0) is 10.6. The molecule has 0 aromatic rings. The van der Waals surface area contributed by atoms with E-state index in [0.29, 0.717) is 13.1 Å². The summed E-state index contributed by atoms with van der Waals surface area (Å²) in [5.41, 5.74) is 0. The fraction of sp³-hybridized carbons (Fsp3) is 0.556. The lowest BCUT2D eigenvalue weighted by Gasteiger charge is -2.31. The molecular formula is C9H13IN2O2. The van der Waals surface area contributed by atoms with Crippen LogP contribution in [0.5, 0.6) is 0 Å². The Bertz CT molecular complexity index is 266. The summed E-state index contributed by atoms with van der Waals surface area (Å²) in [6.45, 7) is 2.67. The van der Waals surface area contributed by atoms with Crippen LogP contribution in [-0.4, -0.2) is 52.7 Å². The standard InChI is InChI=1S/C9H13IN2O2/c1-11-5-6-12(9(14)7-11)4-2-3-8(10)13/h2-3H,4-7H2,1H3/b3-2+. The minimum absolute atomic E-state index is 0.0100. The average Bonchev–Trinajstić information content (AvgIpc) is 2.08. The van der Waals surface area contributed by atoms with E-state index in [4.69, 9.17) is 0 Å². The van der Waals surface area contributed by atoms with Gasteiger partial charge in [0, 0.05) is 42.2 Å². The van der Waals surface area contributed by atoms with Crippen molar-refractivity contribution in [2.24, 2.45) is 0 Å². The van der Waals surface area contributed by atoms with Gasteiger partial charge in [0.1, 0.15) is 0 Å². The van der Waals surface area contributed by atoms with Gasteiger partial charge in [-0.3, -0.25) is 14.5 Å². The highest BCUT2D eigenvalue weighted by atomic mass is 127. The molecule has 1 fully saturated rings. The van der Waals surface area contributed by atoms with Crippen LogP contribution in [0.1, 0.15) is 0 Å². The highest BCUT2D eigenvalue weighted by molar-refractivity contribution is 14.1. The molecule has 0 unspecified atom stereocenters. The lowest BCUT2D eigenvalue weighted by Crippen LogP contribution is -2.48. The van der Waals surface area contributed by atoms with Crippen molar-refractivity contribution in [1.82, 2.24) is 9.80 Å². The topological polar surface area (TPSA) is 40.6 Å². The summed E-state index contributed by atoms with van der Waals surface area (Å²) in [6.07, 6.45) is 3.23. The molecule has 5 heteroatoms. The lowest BCUT2D eigenvalue weighted by atomic mass is 10.3. The van der Waals surface area contributed by atoms with Crippen LogP contribution in [0.25, 0.3) is 0 Å². The molecule has 1 aliphatic heterocycles. The van der Waals surface area contributed by atoms with Crippen molar-refractivity contribution < 1.29 is 9.59 Å². The molecule has 0 atom stereocenters. The Balaban J connectivity index is 2.38. The van der Waals surface area contributed by atoms with E-state index in [2.05, 4.69) is 0 Å². The first kappa shape index (κ1) is 11.6. The summed E-state index contributed by atoms with van der Waals surface area (Å²) in [7, 11) is 1.93. The first-order chi connectivity index (χ1) is 6.59. The number of hydrogen-bond acceptors (Lipinski definition) is 3. The van der Waals surface area contributed by atoms with Gasteiger partial charge >= 0.3 is 0 Å². The van der Waals surface area contributed by atoms with E-state index in [1.165, 1.54) is 6.08 Å². The Morgan fingerprint density at radius 1 is 1.57 bits per heavy atom. The number of piperazine rings is 1. The Morgan fingerprint density at radius 3 is 2.86 bits per heavy atom.